The second-order valence-electron chi connectivity index (χ2n) is 4.35. The minimum atomic E-state index is -1.01. The highest BCUT2D eigenvalue weighted by atomic mass is 79.9. The molecule has 1 aliphatic rings. The Morgan fingerprint density at radius 3 is 2.68 bits per heavy atom. The molecule has 0 aromatic heterocycles. The van der Waals surface area contributed by atoms with Crippen molar-refractivity contribution in [2.45, 2.75) is 18.9 Å². The molecular formula is C12H12BrClN2O3. The Morgan fingerprint density at radius 2 is 2.11 bits per heavy atom. The minimum absolute atomic E-state index is 0.0334. The molecule has 1 saturated carbocycles. The fraction of sp³-hybridized carbons (Fsp3) is 0.333. The van der Waals surface area contributed by atoms with Crippen molar-refractivity contribution in [2.75, 3.05) is 5.32 Å². The van der Waals surface area contributed by atoms with Gasteiger partial charge in [0.25, 0.3) is 0 Å². The summed E-state index contributed by atoms with van der Waals surface area (Å²) in [4.78, 5) is 22.8. The second kappa shape index (κ2) is 5.79. The molecular weight excluding hydrogens is 336 g/mol. The number of carbonyl (C=O) groups is 2. The van der Waals surface area contributed by atoms with Gasteiger partial charge in [-0.2, -0.15) is 0 Å². The normalized spacial score (nSPS) is 15.7. The number of urea groups is 1. The van der Waals surface area contributed by atoms with E-state index in [1.807, 2.05) is 0 Å². The van der Waals surface area contributed by atoms with E-state index in [-0.39, 0.29) is 5.92 Å². The molecule has 1 fully saturated rings. The van der Waals surface area contributed by atoms with Crippen molar-refractivity contribution in [1.29, 1.82) is 0 Å². The molecule has 0 heterocycles. The summed E-state index contributed by atoms with van der Waals surface area (Å²) in [7, 11) is 0. The van der Waals surface area contributed by atoms with Gasteiger partial charge < -0.3 is 15.7 Å². The number of aliphatic carboxylic acids is 1. The largest absolute Gasteiger partial charge is 0.480 e. The third kappa shape index (κ3) is 3.61. The van der Waals surface area contributed by atoms with Crippen molar-refractivity contribution in [1.82, 2.24) is 5.32 Å². The van der Waals surface area contributed by atoms with Gasteiger partial charge in [-0.15, -0.1) is 0 Å². The summed E-state index contributed by atoms with van der Waals surface area (Å²) in [6.07, 6.45) is 1.66. The number of hydrogen-bond donors (Lipinski definition) is 3. The van der Waals surface area contributed by atoms with Crippen LogP contribution in [0.1, 0.15) is 12.8 Å². The van der Waals surface area contributed by atoms with Gasteiger partial charge in [0, 0.05) is 0 Å². The Hall–Kier alpha value is -1.27. The molecule has 2 rings (SSSR count). The van der Waals surface area contributed by atoms with Crippen LogP contribution in [0.5, 0.6) is 0 Å². The zero-order chi connectivity index (χ0) is 14.0. The fourth-order valence-corrected chi connectivity index (χ4v) is 2.25. The zero-order valence-corrected chi connectivity index (χ0v) is 12.2. The highest BCUT2D eigenvalue weighted by Crippen LogP contribution is 2.33. The molecule has 1 aliphatic carbocycles. The summed E-state index contributed by atoms with van der Waals surface area (Å²) >= 11 is 9.16. The molecule has 0 radical (unpaired) electrons. The monoisotopic (exact) mass is 346 g/mol. The number of carbonyl (C=O) groups excluding carboxylic acids is 1. The molecule has 19 heavy (non-hydrogen) atoms. The number of carboxylic acids is 1. The number of nitrogens with one attached hydrogen (secondary N) is 2. The van der Waals surface area contributed by atoms with Crippen molar-refractivity contribution >= 4 is 45.2 Å². The first-order chi connectivity index (χ1) is 8.99. The van der Waals surface area contributed by atoms with Gasteiger partial charge in [0.15, 0.2) is 0 Å². The molecule has 5 nitrogen and oxygen atoms in total. The average molecular weight is 348 g/mol. The lowest BCUT2D eigenvalue weighted by Gasteiger charge is -2.15. The molecule has 1 unspecified atom stereocenters. The topological polar surface area (TPSA) is 78.4 Å². The van der Waals surface area contributed by atoms with E-state index < -0.39 is 18.0 Å². The van der Waals surface area contributed by atoms with Crippen LogP contribution in [-0.2, 0) is 4.79 Å². The van der Waals surface area contributed by atoms with Crippen LogP contribution in [0.25, 0.3) is 0 Å². The number of benzene rings is 1. The van der Waals surface area contributed by atoms with E-state index in [1.165, 1.54) is 0 Å². The van der Waals surface area contributed by atoms with Gasteiger partial charge >= 0.3 is 12.0 Å². The van der Waals surface area contributed by atoms with Crippen molar-refractivity contribution in [2.24, 2.45) is 5.92 Å². The number of hydrogen-bond acceptors (Lipinski definition) is 2. The van der Waals surface area contributed by atoms with Crippen LogP contribution < -0.4 is 10.6 Å². The Labute approximate surface area is 123 Å². The van der Waals surface area contributed by atoms with Crippen LogP contribution in [0, 0.1) is 5.92 Å². The van der Waals surface area contributed by atoms with E-state index >= 15 is 0 Å². The van der Waals surface area contributed by atoms with Gasteiger partial charge in [-0.05, 0) is 46.8 Å². The number of anilines is 1. The molecule has 3 N–H and O–H groups in total. The smallest absolute Gasteiger partial charge is 0.326 e. The highest BCUT2D eigenvalue weighted by molar-refractivity contribution is 9.10. The lowest BCUT2D eigenvalue weighted by Crippen LogP contribution is -2.44. The summed E-state index contributed by atoms with van der Waals surface area (Å²) in [6, 6.07) is 3.65. The summed E-state index contributed by atoms with van der Waals surface area (Å²) < 4.78 is 0.560. The van der Waals surface area contributed by atoms with E-state index in [4.69, 9.17) is 16.7 Å². The Bertz CT molecular complexity index is 520. The Morgan fingerprint density at radius 1 is 1.42 bits per heavy atom. The predicted octanol–water partition coefficient (Wildman–Crippen LogP) is 3.09. The molecule has 1 aromatic rings. The summed E-state index contributed by atoms with van der Waals surface area (Å²) in [5.41, 5.74) is 0.491. The van der Waals surface area contributed by atoms with Gasteiger partial charge in [0.05, 0.1) is 15.2 Å². The van der Waals surface area contributed by atoms with Crippen molar-refractivity contribution in [3.63, 3.8) is 0 Å². The molecule has 0 bridgehead atoms. The maximum Gasteiger partial charge on any atom is 0.326 e. The third-order valence-corrected chi connectivity index (χ3v) is 4.24. The third-order valence-electron chi connectivity index (χ3n) is 2.85. The van der Waals surface area contributed by atoms with E-state index in [9.17, 15) is 9.59 Å². The van der Waals surface area contributed by atoms with Crippen molar-refractivity contribution < 1.29 is 14.7 Å². The molecule has 7 heteroatoms. The standard InChI is InChI=1S/C12H12BrClN2O3/c13-9-7(14)2-1-3-8(9)15-12(19)16-10(11(17)18)6-4-5-6/h1-3,6,10H,4-5H2,(H,17,18)(H2,15,16,19). The molecule has 2 amide bonds. The van der Waals surface area contributed by atoms with Crippen LogP contribution in [0.2, 0.25) is 5.02 Å². The molecule has 102 valence electrons. The van der Waals surface area contributed by atoms with Crippen LogP contribution in [0.3, 0.4) is 0 Å². The fourth-order valence-electron chi connectivity index (χ4n) is 1.71. The first-order valence-corrected chi connectivity index (χ1v) is 6.90. The Balaban J connectivity index is 2.00. The molecule has 0 aliphatic heterocycles. The van der Waals surface area contributed by atoms with Crippen molar-refractivity contribution in [3.8, 4) is 0 Å². The maximum atomic E-state index is 11.8. The lowest BCUT2D eigenvalue weighted by molar-refractivity contribution is -0.139. The number of rotatable bonds is 4. The number of amides is 2. The van der Waals surface area contributed by atoms with Crippen LogP contribution >= 0.6 is 27.5 Å². The van der Waals surface area contributed by atoms with E-state index in [1.54, 1.807) is 18.2 Å². The minimum Gasteiger partial charge on any atom is -0.480 e. The summed E-state index contributed by atoms with van der Waals surface area (Å²) in [5, 5.41) is 14.5. The van der Waals surface area contributed by atoms with Gasteiger partial charge in [-0.1, -0.05) is 17.7 Å². The summed E-state index contributed by atoms with van der Waals surface area (Å²) in [6.45, 7) is 0. The van der Waals surface area contributed by atoms with Gasteiger partial charge in [-0.3, -0.25) is 0 Å². The van der Waals surface area contributed by atoms with Crippen LogP contribution in [-0.4, -0.2) is 23.1 Å². The number of carboxylic acid groups (broad SMARTS) is 1. The zero-order valence-electron chi connectivity index (χ0n) is 9.82. The SMILES string of the molecule is O=C(Nc1cccc(Cl)c1Br)NC(C(=O)O)C1CC1. The Kier molecular flexibility index (Phi) is 4.31. The van der Waals surface area contributed by atoms with Crippen LogP contribution in [0.4, 0.5) is 10.5 Å². The van der Waals surface area contributed by atoms with Crippen molar-refractivity contribution in [3.05, 3.63) is 27.7 Å². The first-order valence-electron chi connectivity index (χ1n) is 5.73. The molecule has 1 atom stereocenters. The average Bonchev–Trinajstić information content (AvgIpc) is 3.16. The first kappa shape index (κ1) is 14.1. The number of halogens is 2. The summed E-state index contributed by atoms with van der Waals surface area (Å²) in [5.74, 6) is -0.978. The van der Waals surface area contributed by atoms with E-state index in [2.05, 4.69) is 26.6 Å². The predicted molar refractivity (Wildman–Crippen MR) is 75.5 cm³/mol. The highest BCUT2D eigenvalue weighted by Gasteiger charge is 2.37. The quantitative estimate of drug-likeness (QED) is 0.783. The maximum absolute atomic E-state index is 11.8. The van der Waals surface area contributed by atoms with Crippen LogP contribution in [0.15, 0.2) is 22.7 Å². The van der Waals surface area contributed by atoms with Gasteiger partial charge in [0.2, 0.25) is 0 Å². The van der Waals surface area contributed by atoms with Gasteiger partial charge in [-0.25, -0.2) is 9.59 Å². The van der Waals surface area contributed by atoms with E-state index in [0.717, 1.165) is 12.8 Å². The lowest BCUT2D eigenvalue weighted by atomic mass is 10.2. The molecule has 1 aromatic carbocycles. The molecule has 0 spiro atoms. The molecule has 0 saturated heterocycles. The van der Waals surface area contributed by atoms with E-state index in [0.29, 0.717) is 15.2 Å². The van der Waals surface area contributed by atoms with Gasteiger partial charge in [0.1, 0.15) is 6.04 Å². The second-order valence-corrected chi connectivity index (χ2v) is 5.55.